The fraction of sp³-hybridized carbons (Fsp3) is 0.176. The summed E-state index contributed by atoms with van der Waals surface area (Å²) in [4.78, 5) is 22.7. The Bertz CT molecular complexity index is 961. The van der Waals surface area contributed by atoms with Crippen LogP contribution < -0.4 is 15.4 Å². The molecule has 1 aliphatic rings. The number of benzene rings is 2. The van der Waals surface area contributed by atoms with Gasteiger partial charge in [-0.1, -0.05) is 0 Å². The number of halogens is 1. The number of nitrogens with zero attached hydrogens (tertiary/aromatic N) is 1. The zero-order valence-electron chi connectivity index (χ0n) is 14.2. The van der Waals surface area contributed by atoms with E-state index in [0.717, 1.165) is 4.31 Å². The standard InChI is InChI=1S/C17H16FN3O5S/c1-21(10-15-16(22)20-17(23)19-15)27(24,25)14-8-6-13(7-9-14)26-12-4-2-11(18)3-5-12/h2-9,15H,10H2,1H3,(H2,19,20,22,23)/t15-/m0/s1. The van der Waals surface area contributed by atoms with Crippen LogP contribution in [0.25, 0.3) is 0 Å². The van der Waals surface area contributed by atoms with Crippen molar-refractivity contribution in [3.63, 3.8) is 0 Å². The molecule has 142 valence electrons. The van der Waals surface area contributed by atoms with Crippen molar-refractivity contribution in [3.05, 3.63) is 54.3 Å². The first kappa shape index (κ1) is 18.8. The lowest BCUT2D eigenvalue weighted by Gasteiger charge is -2.19. The summed E-state index contributed by atoms with van der Waals surface area (Å²) < 4.78 is 44.6. The van der Waals surface area contributed by atoms with E-state index in [9.17, 15) is 22.4 Å². The van der Waals surface area contributed by atoms with Gasteiger partial charge in [0.25, 0.3) is 5.91 Å². The maximum Gasteiger partial charge on any atom is 0.322 e. The lowest BCUT2D eigenvalue weighted by Crippen LogP contribution is -2.42. The van der Waals surface area contributed by atoms with Crippen LogP contribution in [0.5, 0.6) is 11.5 Å². The number of sulfonamides is 1. The van der Waals surface area contributed by atoms with Gasteiger partial charge in [-0.25, -0.2) is 17.6 Å². The minimum absolute atomic E-state index is 0.00110. The molecular formula is C17H16FN3O5S. The van der Waals surface area contributed by atoms with Crippen LogP contribution in [0, 0.1) is 5.82 Å². The lowest BCUT2D eigenvalue weighted by atomic mass is 10.3. The summed E-state index contributed by atoms with van der Waals surface area (Å²) in [6.45, 7) is -0.201. The third-order valence-corrected chi connectivity index (χ3v) is 5.72. The topological polar surface area (TPSA) is 105 Å². The number of imide groups is 1. The van der Waals surface area contributed by atoms with Gasteiger partial charge in [-0.05, 0) is 48.5 Å². The summed E-state index contributed by atoms with van der Waals surface area (Å²) in [6, 6.07) is 9.46. The molecule has 1 heterocycles. The average Bonchev–Trinajstić information content (AvgIpc) is 2.94. The second-order valence-corrected chi connectivity index (χ2v) is 7.87. The molecule has 1 fully saturated rings. The largest absolute Gasteiger partial charge is 0.457 e. The fourth-order valence-electron chi connectivity index (χ4n) is 2.44. The van der Waals surface area contributed by atoms with Gasteiger partial charge in [0.05, 0.1) is 4.90 Å². The van der Waals surface area contributed by atoms with E-state index in [-0.39, 0.29) is 17.3 Å². The van der Waals surface area contributed by atoms with E-state index < -0.39 is 28.0 Å². The monoisotopic (exact) mass is 393 g/mol. The molecule has 0 bridgehead atoms. The molecule has 0 unspecified atom stereocenters. The van der Waals surface area contributed by atoms with Crippen LogP contribution in [0.4, 0.5) is 9.18 Å². The van der Waals surface area contributed by atoms with Crippen molar-refractivity contribution < 1.29 is 27.1 Å². The lowest BCUT2D eigenvalue weighted by molar-refractivity contribution is -0.120. The van der Waals surface area contributed by atoms with Crippen LogP contribution in [0.3, 0.4) is 0 Å². The highest BCUT2D eigenvalue weighted by Gasteiger charge is 2.33. The molecule has 2 aromatic rings. The number of hydrogen-bond acceptors (Lipinski definition) is 5. The van der Waals surface area contributed by atoms with E-state index in [4.69, 9.17) is 4.74 Å². The zero-order valence-corrected chi connectivity index (χ0v) is 15.0. The maximum absolute atomic E-state index is 12.9. The highest BCUT2D eigenvalue weighted by molar-refractivity contribution is 7.89. The minimum Gasteiger partial charge on any atom is -0.457 e. The van der Waals surface area contributed by atoms with Crippen molar-refractivity contribution in [1.29, 1.82) is 0 Å². The molecule has 2 aromatic carbocycles. The first-order valence-electron chi connectivity index (χ1n) is 7.87. The van der Waals surface area contributed by atoms with E-state index >= 15 is 0 Å². The maximum atomic E-state index is 12.9. The fourth-order valence-corrected chi connectivity index (χ4v) is 3.63. The van der Waals surface area contributed by atoms with Gasteiger partial charge in [0.2, 0.25) is 10.0 Å². The Labute approximate surface area is 155 Å². The Hall–Kier alpha value is -2.98. The molecule has 8 nitrogen and oxygen atoms in total. The van der Waals surface area contributed by atoms with Gasteiger partial charge in [0.1, 0.15) is 23.4 Å². The quantitative estimate of drug-likeness (QED) is 0.723. The van der Waals surface area contributed by atoms with Gasteiger partial charge in [0, 0.05) is 13.6 Å². The molecular weight excluding hydrogens is 377 g/mol. The third kappa shape index (κ3) is 4.23. The van der Waals surface area contributed by atoms with Gasteiger partial charge >= 0.3 is 6.03 Å². The second kappa shape index (κ2) is 7.33. The van der Waals surface area contributed by atoms with Crippen LogP contribution in [0.1, 0.15) is 0 Å². The number of ether oxygens (including phenoxy) is 1. The molecule has 27 heavy (non-hydrogen) atoms. The van der Waals surface area contributed by atoms with Crippen LogP contribution in [0.2, 0.25) is 0 Å². The molecule has 3 rings (SSSR count). The highest BCUT2D eigenvalue weighted by Crippen LogP contribution is 2.24. The predicted octanol–water partition coefficient (Wildman–Crippen LogP) is 1.45. The Morgan fingerprint density at radius 2 is 1.59 bits per heavy atom. The number of carbonyl (C=O) groups is 2. The summed E-state index contributed by atoms with van der Waals surface area (Å²) in [5.74, 6) is -0.179. The van der Waals surface area contributed by atoms with Crippen LogP contribution >= 0.6 is 0 Å². The smallest absolute Gasteiger partial charge is 0.322 e. The SMILES string of the molecule is CN(C[C@@H]1NC(=O)NC1=O)S(=O)(=O)c1ccc(Oc2ccc(F)cc2)cc1. The van der Waals surface area contributed by atoms with Crippen LogP contribution in [-0.4, -0.2) is 44.3 Å². The number of hydrogen-bond donors (Lipinski definition) is 2. The van der Waals surface area contributed by atoms with Gasteiger partial charge in [-0.2, -0.15) is 4.31 Å². The number of urea groups is 1. The molecule has 0 saturated carbocycles. The van der Waals surface area contributed by atoms with Gasteiger partial charge in [-0.15, -0.1) is 0 Å². The minimum atomic E-state index is -3.87. The Morgan fingerprint density at radius 1 is 1.04 bits per heavy atom. The summed E-state index contributed by atoms with van der Waals surface area (Å²) in [5, 5.41) is 4.39. The Balaban J connectivity index is 1.70. The van der Waals surface area contributed by atoms with E-state index in [1.807, 2.05) is 5.32 Å². The van der Waals surface area contributed by atoms with E-state index in [2.05, 4.69) is 5.32 Å². The predicted molar refractivity (Wildman–Crippen MR) is 93.2 cm³/mol. The third-order valence-electron chi connectivity index (χ3n) is 3.88. The molecule has 0 aliphatic carbocycles. The normalized spacial score (nSPS) is 16.9. The number of carbonyl (C=O) groups excluding carboxylic acids is 2. The Kier molecular flexibility index (Phi) is 5.10. The molecule has 10 heteroatoms. The van der Waals surface area contributed by atoms with E-state index in [1.54, 1.807) is 0 Å². The zero-order chi connectivity index (χ0) is 19.6. The summed E-state index contributed by atoms with van der Waals surface area (Å²) in [7, 11) is -2.55. The molecule has 3 amide bonds. The van der Waals surface area contributed by atoms with E-state index in [0.29, 0.717) is 11.5 Å². The molecule has 0 aromatic heterocycles. The summed E-state index contributed by atoms with van der Waals surface area (Å²) in [5.41, 5.74) is 0. The van der Waals surface area contributed by atoms with Crippen molar-refractivity contribution in [2.75, 3.05) is 13.6 Å². The molecule has 1 saturated heterocycles. The van der Waals surface area contributed by atoms with Crippen molar-refractivity contribution in [3.8, 4) is 11.5 Å². The van der Waals surface area contributed by atoms with Crippen molar-refractivity contribution in [2.24, 2.45) is 0 Å². The van der Waals surface area contributed by atoms with Crippen LogP contribution in [0.15, 0.2) is 53.4 Å². The molecule has 1 aliphatic heterocycles. The van der Waals surface area contributed by atoms with Crippen molar-refractivity contribution in [1.82, 2.24) is 14.9 Å². The first-order valence-corrected chi connectivity index (χ1v) is 9.31. The number of amides is 3. The van der Waals surface area contributed by atoms with Crippen molar-refractivity contribution in [2.45, 2.75) is 10.9 Å². The van der Waals surface area contributed by atoms with Gasteiger partial charge in [0.15, 0.2) is 0 Å². The molecule has 0 radical (unpaired) electrons. The number of likely N-dealkylation sites (N-methyl/N-ethyl adjacent to an activating group) is 1. The number of rotatable bonds is 6. The summed E-state index contributed by atoms with van der Waals surface area (Å²) in [6.07, 6.45) is 0. The first-order chi connectivity index (χ1) is 12.8. The van der Waals surface area contributed by atoms with Crippen LogP contribution in [-0.2, 0) is 14.8 Å². The average molecular weight is 393 g/mol. The second-order valence-electron chi connectivity index (χ2n) is 5.83. The van der Waals surface area contributed by atoms with Gasteiger partial charge < -0.3 is 10.1 Å². The number of nitrogens with one attached hydrogen (secondary N) is 2. The van der Waals surface area contributed by atoms with Crippen molar-refractivity contribution >= 4 is 22.0 Å². The Morgan fingerprint density at radius 3 is 2.11 bits per heavy atom. The van der Waals surface area contributed by atoms with Gasteiger partial charge in [-0.3, -0.25) is 10.1 Å². The highest BCUT2D eigenvalue weighted by atomic mass is 32.2. The molecule has 2 N–H and O–H groups in total. The summed E-state index contributed by atoms with van der Waals surface area (Å²) >= 11 is 0. The molecule has 1 atom stereocenters. The molecule has 0 spiro atoms. The van der Waals surface area contributed by atoms with E-state index in [1.165, 1.54) is 55.6 Å².